The van der Waals surface area contributed by atoms with Crippen LogP contribution in [0.5, 0.6) is 0 Å². The fourth-order valence-electron chi connectivity index (χ4n) is 9.45. The molecule has 4 heteroatoms. The van der Waals surface area contributed by atoms with Gasteiger partial charge in [-0.25, -0.2) is 0 Å². The van der Waals surface area contributed by atoms with Crippen molar-refractivity contribution in [3.8, 4) is 22.3 Å². The molecule has 0 aliphatic heterocycles. The molecule has 0 atom stereocenters. The maximum absolute atomic E-state index is 6.50. The molecule has 0 aliphatic rings. The molecule has 0 bridgehead atoms. The molecule has 3 aromatic heterocycles. The van der Waals surface area contributed by atoms with Crippen molar-refractivity contribution in [2.45, 2.75) is 0 Å². The highest BCUT2D eigenvalue weighted by Crippen LogP contribution is 2.44. The number of para-hydroxylation sites is 2. The first-order valence-corrected chi connectivity index (χ1v) is 20.3. The first-order chi connectivity index (χ1) is 29.7. The second kappa shape index (κ2) is 12.7. The van der Waals surface area contributed by atoms with Gasteiger partial charge in [-0.15, -0.1) is 0 Å². The summed E-state index contributed by atoms with van der Waals surface area (Å²) < 4.78 is 19.2. The summed E-state index contributed by atoms with van der Waals surface area (Å²) in [6.07, 6.45) is 0. The van der Waals surface area contributed by atoms with E-state index in [-0.39, 0.29) is 0 Å². The van der Waals surface area contributed by atoms with E-state index in [0.29, 0.717) is 0 Å². The summed E-state index contributed by atoms with van der Waals surface area (Å²) in [5, 5.41) is 11.4. The number of furan rings is 3. The second-order valence-electron chi connectivity index (χ2n) is 15.6. The van der Waals surface area contributed by atoms with Crippen molar-refractivity contribution >= 4 is 104 Å². The average Bonchev–Trinajstić information content (AvgIpc) is 4.00. The maximum atomic E-state index is 6.50. The Labute approximate surface area is 343 Å². The van der Waals surface area contributed by atoms with Gasteiger partial charge in [-0.1, -0.05) is 121 Å². The minimum atomic E-state index is 0.858. The molecule has 0 amide bonds. The van der Waals surface area contributed by atoms with E-state index in [0.717, 1.165) is 105 Å². The van der Waals surface area contributed by atoms with Gasteiger partial charge in [0.25, 0.3) is 0 Å². The van der Waals surface area contributed by atoms with Crippen LogP contribution in [0.2, 0.25) is 0 Å². The number of anilines is 3. The number of benzene rings is 10. The van der Waals surface area contributed by atoms with Crippen LogP contribution in [0.4, 0.5) is 17.1 Å². The summed E-state index contributed by atoms with van der Waals surface area (Å²) in [7, 11) is 0. The van der Waals surface area contributed by atoms with Crippen LogP contribution >= 0.6 is 0 Å². The molecule has 13 rings (SSSR count). The minimum absolute atomic E-state index is 0.858. The van der Waals surface area contributed by atoms with Crippen LogP contribution in [-0.2, 0) is 0 Å². The van der Waals surface area contributed by atoms with Crippen molar-refractivity contribution in [2.75, 3.05) is 4.90 Å². The molecule has 0 saturated heterocycles. The molecule has 0 saturated carbocycles. The predicted octanol–water partition coefficient (Wildman–Crippen LogP) is 16.5. The monoisotopic (exact) mass is 767 g/mol. The Kier molecular flexibility index (Phi) is 6.98. The van der Waals surface area contributed by atoms with E-state index in [1.54, 1.807) is 0 Å². The van der Waals surface area contributed by atoms with Crippen molar-refractivity contribution in [3.63, 3.8) is 0 Å². The van der Waals surface area contributed by atoms with Crippen LogP contribution in [0.25, 0.3) is 110 Å². The van der Waals surface area contributed by atoms with E-state index in [4.69, 9.17) is 13.3 Å². The van der Waals surface area contributed by atoms with Gasteiger partial charge in [-0.2, -0.15) is 0 Å². The summed E-state index contributed by atoms with van der Waals surface area (Å²) in [6, 6.07) is 70.9. The fraction of sp³-hybridized carbons (Fsp3) is 0. The second-order valence-corrected chi connectivity index (χ2v) is 15.6. The van der Waals surface area contributed by atoms with E-state index < -0.39 is 0 Å². The Balaban J connectivity index is 0.938. The normalized spacial score (nSPS) is 12.0. The molecular weight excluding hydrogens is 735 g/mol. The molecule has 0 fully saturated rings. The summed E-state index contributed by atoms with van der Waals surface area (Å²) in [4.78, 5) is 2.31. The van der Waals surface area contributed by atoms with Crippen molar-refractivity contribution in [2.24, 2.45) is 0 Å². The number of fused-ring (bicyclic) bond motifs is 13. The third-order valence-corrected chi connectivity index (χ3v) is 12.3. The molecule has 0 radical (unpaired) electrons. The Morgan fingerprint density at radius 1 is 0.267 bits per heavy atom. The van der Waals surface area contributed by atoms with Crippen molar-refractivity contribution < 1.29 is 13.3 Å². The summed E-state index contributed by atoms with van der Waals surface area (Å²) >= 11 is 0. The van der Waals surface area contributed by atoms with E-state index in [2.05, 4.69) is 181 Å². The van der Waals surface area contributed by atoms with Gasteiger partial charge in [-0.05, 0) is 111 Å². The molecule has 60 heavy (non-hydrogen) atoms. The lowest BCUT2D eigenvalue weighted by Gasteiger charge is -2.26. The zero-order valence-electron chi connectivity index (χ0n) is 32.2. The van der Waals surface area contributed by atoms with Crippen LogP contribution in [0.3, 0.4) is 0 Å². The zero-order valence-corrected chi connectivity index (χ0v) is 32.2. The van der Waals surface area contributed by atoms with Crippen LogP contribution in [0.15, 0.2) is 213 Å². The zero-order chi connectivity index (χ0) is 39.3. The van der Waals surface area contributed by atoms with Gasteiger partial charge >= 0.3 is 0 Å². The minimum Gasteiger partial charge on any atom is -0.456 e. The van der Waals surface area contributed by atoms with Gasteiger partial charge in [0.2, 0.25) is 0 Å². The van der Waals surface area contributed by atoms with E-state index >= 15 is 0 Å². The fourth-order valence-corrected chi connectivity index (χ4v) is 9.45. The van der Waals surface area contributed by atoms with E-state index in [1.807, 2.05) is 24.3 Å². The SMILES string of the molecule is c1ccc2c(-c3ccc(N(c4ccc(-c5ccc6oc7ccc8ccc9oc%10ccccc%10c9c8c7c6c5)cc4)c4ccc5c(c4)oc4ccccc45)cc3)cccc2c1. The summed E-state index contributed by atoms with van der Waals surface area (Å²) in [5.41, 5.74) is 13.0. The summed E-state index contributed by atoms with van der Waals surface area (Å²) in [6.45, 7) is 0. The number of nitrogens with zero attached hydrogens (tertiary/aromatic N) is 1. The maximum Gasteiger partial charge on any atom is 0.137 e. The van der Waals surface area contributed by atoms with Gasteiger partial charge in [0, 0.05) is 60.8 Å². The van der Waals surface area contributed by atoms with Crippen LogP contribution in [-0.4, -0.2) is 0 Å². The van der Waals surface area contributed by atoms with E-state index in [1.165, 1.54) is 21.9 Å². The van der Waals surface area contributed by atoms with Crippen LogP contribution in [0, 0.1) is 0 Å². The number of hydrogen-bond acceptors (Lipinski definition) is 4. The van der Waals surface area contributed by atoms with Gasteiger partial charge in [0.05, 0.1) is 0 Å². The Morgan fingerprint density at radius 2 is 0.800 bits per heavy atom. The van der Waals surface area contributed by atoms with E-state index in [9.17, 15) is 0 Å². The molecule has 0 N–H and O–H groups in total. The predicted molar refractivity (Wildman–Crippen MR) is 249 cm³/mol. The quantitative estimate of drug-likeness (QED) is 0.175. The topological polar surface area (TPSA) is 42.7 Å². The lowest BCUT2D eigenvalue weighted by Crippen LogP contribution is -2.09. The number of rotatable bonds is 5. The van der Waals surface area contributed by atoms with Crippen LogP contribution in [0.1, 0.15) is 0 Å². The van der Waals surface area contributed by atoms with Gasteiger partial charge in [0.15, 0.2) is 0 Å². The lowest BCUT2D eigenvalue weighted by atomic mass is 9.97. The molecule has 0 aliphatic carbocycles. The van der Waals surface area contributed by atoms with Crippen molar-refractivity contribution in [1.29, 1.82) is 0 Å². The Hall–Kier alpha value is -8.08. The molecular formula is C56H33NO3. The third-order valence-electron chi connectivity index (χ3n) is 12.3. The molecule has 0 spiro atoms. The lowest BCUT2D eigenvalue weighted by molar-refractivity contribution is 0.668. The highest BCUT2D eigenvalue weighted by molar-refractivity contribution is 6.31. The molecule has 13 aromatic rings. The highest BCUT2D eigenvalue weighted by Gasteiger charge is 2.19. The molecule has 0 unspecified atom stereocenters. The first-order valence-electron chi connectivity index (χ1n) is 20.3. The third kappa shape index (κ3) is 4.98. The number of hydrogen-bond donors (Lipinski definition) is 0. The molecule has 10 aromatic carbocycles. The molecule has 4 nitrogen and oxygen atoms in total. The van der Waals surface area contributed by atoms with Crippen molar-refractivity contribution in [1.82, 2.24) is 0 Å². The van der Waals surface area contributed by atoms with Gasteiger partial charge in [-0.3, -0.25) is 0 Å². The Bertz CT molecular complexity index is 3820. The summed E-state index contributed by atoms with van der Waals surface area (Å²) in [5.74, 6) is 0. The van der Waals surface area contributed by atoms with Gasteiger partial charge < -0.3 is 18.2 Å². The smallest absolute Gasteiger partial charge is 0.137 e. The van der Waals surface area contributed by atoms with Crippen LogP contribution < -0.4 is 4.90 Å². The van der Waals surface area contributed by atoms with Gasteiger partial charge in [0.1, 0.15) is 33.5 Å². The molecule has 3 heterocycles. The molecule has 280 valence electrons. The standard InChI is InChI=1S/C56H33NO3/c1-2-10-42-35(8-1)9-7-13-43(42)36-18-25-40(26-19-36)57(41-27-28-45-44-11-3-5-14-48(44)60-53(45)33-41)39-23-16-34(17-24-39)38-22-29-50-47(32-38)56-52(59-50)31-21-37-20-30-51-55(54(37)56)46-12-4-6-15-49(46)58-51/h1-33H. The Morgan fingerprint density at radius 3 is 1.57 bits per heavy atom. The average molecular weight is 768 g/mol. The van der Waals surface area contributed by atoms with Crippen molar-refractivity contribution in [3.05, 3.63) is 200 Å². The largest absolute Gasteiger partial charge is 0.456 e. The first kappa shape index (κ1) is 32.9. The highest BCUT2D eigenvalue weighted by atomic mass is 16.3.